The maximum atomic E-state index is 9.85. The van der Waals surface area contributed by atoms with Crippen LogP contribution in [0.15, 0.2) is 0 Å². The topological polar surface area (TPSA) is 32.8 Å². The van der Waals surface area contributed by atoms with E-state index in [2.05, 4.69) is 26.6 Å². The van der Waals surface area contributed by atoms with Gasteiger partial charge >= 0.3 is 0 Å². The highest BCUT2D eigenvalue weighted by atomic mass is 28.3. The minimum absolute atomic E-state index is 0.165. The van der Waals surface area contributed by atoms with E-state index in [4.69, 9.17) is 4.74 Å². The number of aliphatic hydroxyl groups is 1. The Morgan fingerprint density at radius 2 is 1.93 bits per heavy atom. The van der Waals surface area contributed by atoms with Gasteiger partial charge in [-0.2, -0.15) is 0 Å². The van der Waals surface area contributed by atoms with Crippen LogP contribution in [0, 0.1) is 0 Å². The van der Waals surface area contributed by atoms with Gasteiger partial charge in [0.1, 0.15) is 6.10 Å². The zero-order valence-electron chi connectivity index (χ0n) is 9.92. The van der Waals surface area contributed by atoms with Crippen LogP contribution < -0.4 is 0 Å². The molecule has 84 valence electrons. The SMILES string of the molecule is CCCCCC(O)C1OC1[Si](C)(C)C. The first kappa shape index (κ1) is 12.2. The van der Waals surface area contributed by atoms with Crippen molar-refractivity contribution in [1.82, 2.24) is 0 Å². The Hall–Kier alpha value is 0.137. The monoisotopic (exact) mass is 216 g/mol. The standard InChI is InChI=1S/C11H24O2Si/c1-5-6-7-8-9(12)10-11(13-10)14(2,3)4/h9-12H,5-8H2,1-4H3. The summed E-state index contributed by atoms with van der Waals surface area (Å²) in [5.74, 6) is 0. The zero-order valence-corrected chi connectivity index (χ0v) is 10.9. The molecule has 0 aromatic rings. The van der Waals surface area contributed by atoms with Crippen LogP contribution in [0.1, 0.15) is 32.6 Å². The summed E-state index contributed by atoms with van der Waals surface area (Å²) in [6, 6.07) is 0. The molecule has 3 atom stereocenters. The summed E-state index contributed by atoms with van der Waals surface area (Å²) in [7, 11) is -1.18. The van der Waals surface area contributed by atoms with E-state index in [1.54, 1.807) is 0 Å². The van der Waals surface area contributed by atoms with Gasteiger partial charge in [0, 0.05) is 0 Å². The Morgan fingerprint density at radius 1 is 1.29 bits per heavy atom. The molecule has 0 spiro atoms. The molecule has 1 saturated heterocycles. The van der Waals surface area contributed by atoms with Gasteiger partial charge in [0.2, 0.25) is 0 Å². The second-order valence-corrected chi connectivity index (χ2v) is 10.8. The van der Waals surface area contributed by atoms with E-state index in [9.17, 15) is 5.11 Å². The number of rotatable bonds is 6. The summed E-state index contributed by atoms with van der Waals surface area (Å²) < 4.78 is 5.59. The second kappa shape index (κ2) is 4.77. The van der Waals surface area contributed by atoms with Crippen molar-refractivity contribution in [2.24, 2.45) is 0 Å². The lowest BCUT2D eigenvalue weighted by Crippen LogP contribution is -2.33. The van der Waals surface area contributed by atoms with E-state index >= 15 is 0 Å². The number of unbranched alkanes of at least 4 members (excludes halogenated alkanes) is 2. The first-order valence-corrected chi connectivity index (χ1v) is 9.38. The first-order chi connectivity index (χ1) is 6.46. The van der Waals surface area contributed by atoms with Crippen molar-refractivity contribution < 1.29 is 9.84 Å². The molecule has 1 rings (SSSR count). The number of hydrogen-bond acceptors (Lipinski definition) is 2. The smallest absolute Gasteiger partial charge is 0.107 e. The lowest BCUT2D eigenvalue weighted by atomic mass is 10.1. The van der Waals surface area contributed by atoms with E-state index in [1.807, 2.05) is 0 Å². The largest absolute Gasteiger partial charge is 0.390 e. The highest BCUT2D eigenvalue weighted by Crippen LogP contribution is 2.34. The molecule has 0 saturated carbocycles. The highest BCUT2D eigenvalue weighted by molar-refractivity contribution is 6.78. The van der Waals surface area contributed by atoms with Gasteiger partial charge in [0.15, 0.2) is 0 Å². The van der Waals surface area contributed by atoms with Crippen LogP contribution in [0.3, 0.4) is 0 Å². The maximum Gasteiger partial charge on any atom is 0.107 e. The Kier molecular flexibility index (Phi) is 4.16. The molecular weight excluding hydrogens is 192 g/mol. The van der Waals surface area contributed by atoms with Gasteiger partial charge in [0.05, 0.1) is 19.9 Å². The molecule has 0 aromatic carbocycles. The maximum absolute atomic E-state index is 9.85. The van der Waals surface area contributed by atoms with Crippen LogP contribution in [-0.4, -0.2) is 31.1 Å². The van der Waals surface area contributed by atoms with Crippen molar-refractivity contribution in [2.45, 2.75) is 70.2 Å². The fraction of sp³-hybridized carbons (Fsp3) is 1.00. The van der Waals surface area contributed by atoms with Crippen LogP contribution in [0.5, 0.6) is 0 Å². The molecule has 0 amide bonds. The van der Waals surface area contributed by atoms with Gasteiger partial charge < -0.3 is 9.84 Å². The van der Waals surface area contributed by atoms with Crippen LogP contribution >= 0.6 is 0 Å². The average Bonchev–Trinajstić information content (AvgIpc) is 2.81. The van der Waals surface area contributed by atoms with Crippen LogP contribution in [0.4, 0.5) is 0 Å². The predicted molar refractivity (Wildman–Crippen MR) is 62.2 cm³/mol. The average molecular weight is 216 g/mol. The van der Waals surface area contributed by atoms with Gasteiger partial charge in [-0.05, 0) is 6.42 Å². The molecule has 1 aliphatic rings. The van der Waals surface area contributed by atoms with E-state index < -0.39 is 8.07 Å². The fourth-order valence-corrected chi connectivity index (χ4v) is 3.65. The fourth-order valence-electron chi connectivity index (χ4n) is 1.88. The molecular formula is C11H24O2Si. The minimum atomic E-state index is -1.18. The molecule has 14 heavy (non-hydrogen) atoms. The molecule has 0 aliphatic carbocycles. The quantitative estimate of drug-likeness (QED) is 0.420. The lowest BCUT2D eigenvalue weighted by molar-refractivity contribution is 0.123. The lowest BCUT2D eigenvalue weighted by Gasteiger charge is -2.13. The molecule has 1 heterocycles. The predicted octanol–water partition coefficient (Wildman–Crippen LogP) is 2.57. The first-order valence-electron chi connectivity index (χ1n) is 5.80. The van der Waals surface area contributed by atoms with Gasteiger partial charge in [-0.15, -0.1) is 0 Å². The van der Waals surface area contributed by atoms with Gasteiger partial charge in [0.25, 0.3) is 0 Å². The number of epoxide rings is 1. The Balaban J connectivity index is 2.19. The third-order valence-corrected chi connectivity index (χ3v) is 5.03. The van der Waals surface area contributed by atoms with Crippen molar-refractivity contribution in [2.75, 3.05) is 0 Å². The molecule has 0 aromatic heterocycles. The normalized spacial score (nSPS) is 28.9. The van der Waals surface area contributed by atoms with Gasteiger partial charge in [-0.3, -0.25) is 0 Å². The van der Waals surface area contributed by atoms with Crippen molar-refractivity contribution in [1.29, 1.82) is 0 Å². The molecule has 1 aliphatic heterocycles. The molecule has 0 bridgehead atoms. The molecule has 1 fully saturated rings. The van der Waals surface area contributed by atoms with Crippen molar-refractivity contribution in [3.8, 4) is 0 Å². The van der Waals surface area contributed by atoms with E-state index in [1.165, 1.54) is 12.8 Å². The number of aliphatic hydroxyl groups excluding tert-OH is 1. The van der Waals surface area contributed by atoms with Crippen LogP contribution in [-0.2, 0) is 4.74 Å². The third kappa shape index (κ3) is 3.37. The Bertz CT molecular complexity index is 177. The third-order valence-electron chi connectivity index (χ3n) is 2.86. The van der Waals surface area contributed by atoms with E-state index in [0.29, 0.717) is 5.73 Å². The Morgan fingerprint density at radius 3 is 2.36 bits per heavy atom. The summed E-state index contributed by atoms with van der Waals surface area (Å²) >= 11 is 0. The highest BCUT2D eigenvalue weighted by Gasteiger charge is 2.51. The molecule has 1 N–H and O–H groups in total. The Labute approximate surface area is 88.7 Å². The van der Waals surface area contributed by atoms with E-state index in [-0.39, 0.29) is 12.2 Å². The molecule has 3 heteroatoms. The summed E-state index contributed by atoms with van der Waals surface area (Å²) in [5.41, 5.74) is 0.402. The summed E-state index contributed by atoms with van der Waals surface area (Å²) in [5, 5.41) is 9.85. The summed E-state index contributed by atoms with van der Waals surface area (Å²) in [6.45, 7) is 9.09. The van der Waals surface area contributed by atoms with Crippen molar-refractivity contribution in [3.05, 3.63) is 0 Å². The molecule has 0 radical (unpaired) electrons. The van der Waals surface area contributed by atoms with Gasteiger partial charge in [-0.1, -0.05) is 45.8 Å². The van der Waals surface area contributed by atoms with Crippen molar-refractivity contribution >= 4 is 8.07 Å². The zero-order chi connectivity index (χ0) is 10.8. The summed E-state index contributed by atoms with van der Waals surface area (Å²) in [6.07, 6.45) is 4.45. The van der Waals surface area contributed by atoms with Crippen molar-refractivity contribution in [3.63, 3.8) is 0 Å². The van der Waals surface area contributed by atoms with Gasteiger partial charge in [-0.25, -0.2) is 0 Å². The molecule has 2 nitrogen and oxygen atoms in total. The van der Waals surface area contributed by atoms with E-state index in [0.717, 1.165) is 12.8 Å². The minimum Gasteiger partial charge on any atom is -0.390 e. The summed E-state index contributed by atoms with van der Waals surface area (Å²) in [4.78, 5) is 0. The van der Waals surface area contributed by atoms with Crippen LogP contribution in [0.25, 0.3) is 0 Å². The number of hydrogen-bond donors (Lipinski definition) is 1. The molecule has 3 unspecified atom stereocenters. The van der Waals surface area contributed by atoms with Crippen LogP contribution in [0.2, 0.25) is 19.6 Å². The number of ether oxygens (including phenoxy) is 1. The second-order valence-electron chi connectivity index (χ2n) is 5.45.